The fourth-order valence-corrected chi connectivity index (χ4v) is 4.44. The van der Waals surface area contributed by atoms with Gasteiger partial charge in [-0.1, -0.05) is 37.1 Å². The summed E-state index contributed by atoms with van der Waals surface area (Å²) in [5.74, 6) is 0.296. The van der Waals surface area contributed by atoms with E-state index in [2.05, 4.69) is 11.9 Å². The molecule has 164 valence electrons. The van der Waals surface area contributed by atoms with E-state index in [0.29, 0.717) is 22.9 Å². The van der Waals surface area contributed by atoms with E-state index in [0.717, 1.165) is 36.8 Å². The molecule has 1 saturated carbocycles. The number of benzene rings is 2. The molecule has 0 spiro atoms. The molecule has 0 saturated heterocycles. The maximum atomic E-state index is 12.9. The summed E-state index contributed by atoms with van der Waals surface area (Å²) in [6.45, 7) is 2.79. The fourth-order valence-electron chi connectivity index (χ4n) is 3.79. The van der Waals surface area contributed by atoms with Gasteiger partial charge in [0, 0.05) is 11.6 Å². The molecule has 1 aromatic heterocycles. The smallest absolute Gasteiger partial charge is 0.317 e. The van der Waals surface area contributed by atoms with E-state index in [1.165, 1.54) is 12.1 Å². The quantitative estimate of drug-likeness (QED) is 0.512. The van der Waals surface area contributed by atoms with Gasteiger partial charge in [0.1, 0.15) is 12.4 Å². The summed E-state index contributed by atoms with van der Waals surface area (Å²) in [4.78, 5) is 17.5. The third-order valence-corrected chi connectivity index (χ3v) is 6.90. The number of aromatic nitrogens is 2. The van der Waals surface area contributed by atoms with Crippen LogP contribution < -0.4 is 5.14 Å². The highest BCUT2D eigenvalue weighted by molar-refractivity contribution is 7.89. The lowest BCUT2D eigenvalue weighted by Crippen LogP contribution is -2.23. The van der Waals surface area contributed by atoms with Crippen LogP contribution >= 0.6 is 11.6 Å². The Morgan fingerprint density at radius 3 is 2.55 bits per heavy atom. The van der Waals surface area contributed by atoms with Crippen LogP contribution in [0.2, 0.25) is 5.02 Å². The largest absolute Gasteiger partial charge is 0.457 e. The van der Waals surface area contributed by atoms with Crippen molar-refractivity contribution in [1.29, 1.82) is 0 Å². The first-order valence-electron chi connectivity index (χ1n) is 10.2. The number of fused-ring (bicyclic) bond motifs is 1. The molecule has 4 rings (SSSR count). The first-order chi connectivity index (χ1) is 14.7. The van der Waals surface area contributed by atoms with Gasteiger partial charge in [-0.25, -0.2) is 18.5 Å². The van der Waals surface area contributed by atoms with Crippen LogP contribution in [-0.2, 0) is 38.1 Å². The number of halogens is 1. The van der Waals surface area contributed by atoms with Gasteiger partial charge in [-0.05, 0) is 55.2 Å². The lowest BCUT2D eigenvalue weighted by molar-refractivity contribution is -0.148. The number of carbonyl (C=O) groups excluding carboxylic acids is 1. The van der Waals surface area contributed by atoms with Crippen molar-refractivity contribution in [3.63, 3.8) is 0 Å². The highest BCUT2D eigenvalue weighted by Gasteiger charge is 2.52. The molecule has 1 aliphatic carbocycles. The summed E-state index contributed by atoms with van der Waals surface area (Å²) in [6.07, 6.45) is 3.36. The zero-order valence-corrected chi connectivity index (χ0v) is 18.7. The van der Waals surface area contributed by atoms with Crippen molar-refractivity contribution in [2.75, 3.05) is 0 Å². The molecule has 2 aromatic carbocycles. The number of carbonyl (C=O) groups is 1. The van der Waals surface area contributed by atoms with Gasteiger partial charge in [-0.15, -0.1) is 0 Å². The molecule has 0 amide bonds. The molecule has 0 atom stereocenters. The fraction of sp³-hybridized carbons (Fsp3) is 0.364. The number of esters is 1. The molecule has 0 radical (unpaired) electrons. The maximum Gasteiger partial charge on any atom is 0.317 e. The molecule has 31 heavy (non-hydrogen) atoms. The van der Waals surface area contributed by atoms with Gasteiger partial charge in [0.25, 0.3) is 0 Å². The van der Waals surface area contributed by atoms with Gasteiger partial charge in [0.15, 0.2) is 0 Å². The second kappa shape index (κ2) is 8.26. The number of hydrogen-bond acceptors (Lipinski definition) is 5. The van der Waals surface area contributed by atoms with Crippen LogP contribution in [0, 0.1) is 0 Å². The number of sulfonamides is 1. The average Bonchev–Trinajstić information content (AvgIpc) is 3.47. The van der Waals surface area contributed by atoms with Crippen molar-refractivity contribution in [2.24, 2.45) is 5.14 Å². The van der Waals surface area contributed by atoms with Crippen LogP contribution in [0.4, 0.5) is 0 Å². The van der Waals surface area contributed by atoms with Crippen molar-refractivity contribution in [3.8, 4) is 0 Å². The molecular formula is C22H24ClN3O4S. The topological polar surface area (TPSA) is 104 Å². The number of primary sulfonamides is 1. The van der Waals surface area contributed by atoms with Gasteiger partial charge in [-0.3, -0.25) is 4.79 Å². The van der Waals surface area contributed by atoms with E-state index in [1.807, 2.05) is 16.7 Å². The predicted molar refractivity (Wildman–Crippen MR) is 118 cm³/mol. The van der Waals surface area contributed by atoms with E-state index < -0.39 is 15.4 Å². The monoisotopic (exact) mass is 461 g/mol. The standard InChI is InChI=1S/C22H24ClN3O4S/c1-2-3-12-26-19-9-8-17(31(24,28)29)13-18(19)25-20(26)14-30-21(27)22(10-11-22)15-4-6-16(23)7-5-15/h4-9,13H,2-3,10-12,14H2,1H3,(H2,24,28,29). The molecule has 9 heteroatoms. The third kappa shape index (κ3) is 4.33. The zero-order valence-electron chi connectivity index (χ0n) is 17.2. The van der Waals surface area contributed by atoms with E-state index in [-0.39, 0.29) is 17.5 Å². The van der Waals surface area contributed by atoms with Crippen LogP contribution in [0.1, 0.15) is 44.0 Å². The molecule has 0 aliphatic heterocycles. The third-order valence-electron chi connectivity index (χ3n) is 5.73. The highest BCUT2D eigenvalue weighted by Crippen LogP contribution is 2.49. The summed E-state index contributed by atoms with van der Waals surface area (Å²) in [5.41, 5.74) is 1.57. The van der Waals surface area contributed by atoms with E-state index >= 15 is 0 Å². The molecule has 0 unspecified atom stereocenters. The summed E-state index contributed by atoms with van der Waals surface area (Å²) in [6, 6.07) is 11.9. The van der Waals surface area contributed by atoms with Crippen LogP contribution in [0.5, 0.6) is 0 Å². The Bertz CT molecular complexity index is 1230. The molecule has 7 nitrogen and oxygen atoms in total. The Kier molecular flexibility index (Phi) is 5.81. The van der Waals surface area contributed by atoms with Gasteiger partial charge in [-0.2, -0.15) is 0 Å². The van der Waals surface area contributed by atoms with Gasteiger partial charge >= 0.3 is 5.97 Å². The Morgan fingerprint density at radius 2 is 1.94 bits per heavy atom. The molecule has 1 heterocycles. The van der Waals surface area contributed by atoms with Crippen molar-refractivity contribution in [2.45, 2.75) is 56.1 Å². The number of imidazole rings is 1. The van der Waals surface area contributed by atoms with Crippen molar-refractivity contribution < 1.29 is 17.9 Å². The summed E-state index contributed by atoms with van der Waals surface area (Å²) in [7, 11) is -3.83. The average molecular weight is 462 g/mol. The zero-order chi connectivity index (χ0) is 22.2. The number of ether oxygens (including phenoxy) is 1. The van der Waals surface area contributed by atoms with Crippen molar-refractivity contribution in [1.82, 2.24) is 9.55 Å². The number of rotatable bonds is 8. The van der Waals surface area contributed by atoms with E-state index in [1.54, 1.807) is 18.2 Å². The molecule has 1 aliphatic rings. The van der Waals surface area contributed by atoms with Crippen LogP contribution in [0.25, 0.3) is 11.0 Å². The minimum Gasteiger partial charge on any atom is -0.457 e. The first-order valence-corrected chi connectivity index (χ1v) is 12.1. The van der Waals surface area contributed by atoms with Crippen LogP contribution in [0.15, 0.2) is 47.4 Å². The summed E-state index contributed by atoms with van der Waals surface area (Å²) in [5, 5.41) is 5.87. The minimum atomic E-state index is -3.83. The Morgan fingerprint density at radius 1 is 1.23 bits per heavy atom. The van der Waals surface area contributed by atoms with Crippen LogP contribution in [0.3, 0.4) is 0 Å². The SMILES string of the molecule is CCCCn1c(COC(=O)C2(c3ccc(Cl)cc3)CC2)nc2cc(S(N)(=O)=O)ccc21. The molecule has 1 fully saturated rings. The second-order valence-corrected chi connectivity index (χ2v) is 9.89. The predicted octanol–water partition coefficient (Wildman–Crippen LogP) is 3.91. The normalized spacial score (nSPS) is 15.2. The molecule has 0 bridgehead atoms. The summed E-state index contributed by atoms with van der Waals surface area (Å²) < 4.78 is 31.1. The number of unbranched alkanes of at least 4 members (excludes halogenated alkanes) is 1. The van der Waals surface area contributed by atoms with Crippen LogP contribution in [-0.4, -0.2) is 23.9 Å². The second-order valence-electron chi connectivity index (χ2n) is 7.89. The first kappa shape index (κ1) is 21.8. The Hall–Kier alpha value is -2.42. The van der Waals surface area contributed by atoms with Gasteiger partial charge in [0.05, 0.1) is 21.3 Å². The minimum absolute atomic E-state index is 0.00311. The Labute approximate surface area is 186 Å². The van der Waals surface area contributed by atoms with Crippen molar-refractivity contribution >= 4 is 38.6 Å². The highest BCUT2D eigenvalue weighted by atomic mass is 35.5. The molecular weight excluding hydrogens is 438 g/mol. The number of hydrogen-bond donors (Lipinski definition) is 1. The lowest BCUT2D eigenvalue weighted by Gasteiger charge is -2.15. The van der Waals surface area contributed by atoms with E-state index in [9.17, 15) is 13.2 Å². The molecule has 3 aromatic rings. The Balaban J connectivity index is 1.59. The van der Waals surface area contributed by atoms with E-state index in [4.69, 9.17) is 21.5 Å². The molecule has 2 N–H and O–H groups in total. The van der Waals surface area contributed by atoms with Crippen molar-refractivity contribution in [3.05, 3.63) is 58.9 Å². The van der Waals surface area contributed by atoms with Gasteiger partial charge < -0.3 is 9.30 Å². The van der Waals surface area contributed by atoms with Gasteiger partial charge in [0.2, 0.25) is 10.0 Å². The summed E-state index contributed by atoms with van der Waals surface area (Å²) >= 11 is 5.97. The number of nitrogens with zero attached hydrogens (tertiary/aromatic N) is 2. The lowest BCUT2D eigenvalue weighted by atomic mass is 9.96. The number of aryl methyl sites for hydroxylation is 1. The number of nitrogens with two attached hydrogens (primary N) is 1. The maximum absolute atomic E-state index is 12.9.